The van der Waals surface area contributed by atoms with Crippen molar-refractivity contribution < 1.29 is 13.2 Å². The van der Waals surface area contributed by atoms with E-state index in [9.17, 15) is 13.2 Å². The molecular weight excluding hydrogens is 308 g/mol. The molecule has 0 unspecified atom stereocenters. The molecule has 1 amide bonds. The van der Waals surface area contributed by atoms with Gasteiger partial charge in [-0.2, -0.15) is 0 Å². The molecule has 0 bridgehead atoms. The lowest BCUT2D eigenvalue weighted by Gasteiger charge is -2.09. The van der Waals surface area contributed by atoms with E-state index in [0.717, 1.165) is 11.3 Å². The number of carbonyl (C=O) groups excluding carboxylic acids is 1. The second-order valence-corrected chi connectivity index (χ2v) is 6.86. The van der Waals surface area contributed by atoms with Crippen LogP contribution in [0.2, 0.25) is 5.02 Å². The maximum absolute atomic E-state index is 12.0. The SMILES string of the molecule is NC(=O)c1ccc(Cl)c(NS(=O)(=O)c2cccs2)c1. The van der Waals surface area contributed by atoms with Gasteiger partial charge in [-0.05, 0) is 29.6 Å². The average molecular weight is 317 g/mol. The van der Waals surface area contributed by atoms with Crippen LogP contribution in [0.5, 0.6) is 0 Å². The van der Waals surface area contributed by atoms with Crippen LogP contribution in [-0.4, -0.2) is 14.3 Å². The monoisotopic (exact) mass is 316 g/mol. The second kappa shape index (κ2) is 5.20. The Morgan fingerprint density at radius 2 is 2.05 bits per heavy atom. The van der Waals surface area contributed by atoms with Crippen molar-refractivity contribution in [2.75, 3.05) is 4.72 Å². The zero-order chi connectivity index (χ0) is 14.0. The first-order chi connectivity index (χ1) is 8.90. The molecule has 1 aromatic carbocycles. The molecule has 2 rings (SSSR count). The lowest BCUT2D eigenvalue weighted by molar-refractivity contribution is 0.100. The van der Waals surface area contributed by atoms with Gasteiger partial charge in [0.25, 0.3) is 10.0 Å². The first-order valence-corrected chi connectivity index (χ1v) is 7.80. The summed E-state index contributed by atoms with van der Waals surface area (Å²) >= 11 is 6.97. The molecule has 2 aromatic rings. The predicted octanol–water partition coefficient (Wildman–Crippen LogP) is 2.30. The maximum Gasteiger partial charge on any atom is 0.271 e. The Labute approximate surface area is 119 Å². The molecule has 1 heterocycles. The number of hydrogen-bond donors (Lipinski definition) is 2. The predicted molar refractivity (Wildman–Crippen MR) is 75.1 cm³/mol. The zero-order valence-corrected chi connectivity index (χ0v) is 11.8. The Hall–Kier alpha value is -1.57. The average Bonchev–Trinajstić information content (AvgIpc) is 2.85. The smallest absolute Gasteiger partial charge is 0.271 e. The number of thiophene rings is 1. The van der Waals surface area contributed by atoms with Gasteiger partial charge in [-0.15, -0.1) is 11.3 Å². The van der Waals surface area contributed by atoms with E-state index in [-0.39, 0.29) is 20.5 Å². The number of benzene rings is 1. The summed E-state index contributed by atoms with van der Waals surface area (Å²) in [4.78, 5) is 11.1. The number of anilines is 1. The van der Waals surface area contributed by atoms with Crippen LogP contribution in [0.4, 0.5) is 5.69 Å². The van der Waals surface area contributed by atoms with E-state index >= 15 is 0 Å². The Morgan fingerprint density at radius 3 is 2.63 bits per heavy atom. The fraction of sp³-hybridized carbons (Fsp3) is 0. The Morgan fingerprint density at radius 1 is 1.32 bits per heavy atom. The molecule has 0 aliphatic rings. The standard InChI is InChI=1S/C11H9ClN2O3S2/c12-8-4-3-7(11(13)15)6-9(8)14-19(16,17)10-2-1-5-18-10/h1-6,14H,(H2,13,15). The van der Waals surface area contributed by atoms with Crippen LogP contribution < -0.4 is 10.5 Å². The molecule has 0 fully saturated rings. The van der Waals surface area contributed by atoms with Gasteiger partial charge in [-0.3, -0.25) is 9.52 Å². The molecule has 0 saturated carbocycles. The number of hydrogen-bond acceptors (Lipinski definition) is 4. The Balaban J connectivity index is 2.39. The highest BCUT2D eigenvalue weighted by Gasteiger charge is 2.17. The van der Waals surface area contributed by atoms with Gasteiger partial charge < -0.3 is 5.73 Å². The molecule has 5 nitrogen and oxygen atoms in total. The Bertz CT molecular complexity index is 712. The van der Waals surface area contributed by atoms with Crippen molar-refractivity contribution in [3.05, 3.63) is 46.3 Å². The minimum absolute atomic E-state index is 0.117. The van der Waals surface area contributed by atoms with Crippen molar-refractivity contribution in [2.24, 2.45) is 5.73 Å². The number of rotatable bonds is 4. The van der Waals surface area contributed by atoms with Gasteiger partial charge >= 0.3 is 0 Å². The van der Waals surface area contributed by atoms with Crippen LogP contribution in [0.3, 0.4) is 0 Å². The molecule has 0 atom stereocenters. The summed E-state index contributed by atoms with van der Waals surface area (Å²) in [6.07, 6.45) is 0. The fourth-order valence-corrected chi connectivity index (χ4v) is 3.65. The van der Waals surface area contributed by atoms with Crippen molar-refractivity contribution in [2.45, 2.75) is 4.21 Å². The van der Waals surface area contributed by atoms with E-state index < -0.39 is 15.9 Å². The van der Waals surface area contributed by atoms with E-state index in [2.05, 4.69) is 4.72 Å². The van der Waals surface area contributed by atoms with E-state index in [1.165, 1.54) is 24.3 Å². The molecular formula is C11H9ClN2O3S2. The highest BCUT2D eigenvalue weighted by atomic mass is 35.5. The fourth-order valence-electron chi connectivity index (χ4n) is 1.37. The third-order valence-electron chi connectivity index (χ3n) is 2.26. The summed E-state index contributed by atoms with van der Waals surface area (Å²) in [5, 5.41) is 1.83. The third kappa shape index (κ3) is 3.06. The van der Waals surface area contributed by atoms with E-state index in [1.54, 1.807) is 11.4 Å². The Kier molecular flexibility index (Phi) is 3.79. The summed E-state index contributed by atoms with van der Waals surface area (Å²) in [5.74, 6) is -0.659. The number of nitrogens with one attached hydrogen (secondary N) is 1. The zero-order valence-electron chi connectivity index (χ0n) is 9.46. The van der Waals surface area contributed by atoms with Gasteiger partial charge in [0.05, 0.1) is 10.7 Å². The third-order valence-corrected chi connectivity index (χ3v) is 5.35. The first kappa shape index (κ1) is 13.9. The summed E-state index contributed by atoms with van der Waals surface area (Å²) in [7, 11) is -3.70. The minimum Gasteiger partial charge on any atom is -0.366 e. The number of primary amides is 1. The van der Waals surface area contributed by atoms with Gasteiger partial charge in [0.1, 0.15) is 4.21 Å². The maximum atomic E-state index is 12.0. The first-order valence-electron chi connectivity index (χ1n) is 5.06. The van der Waals surface area contributed by atoms with Gasteiger partial charge in [0.15, 0.2) is 0 Å². The van der Waals surface area contributed by atoms with Gasteiger partial charge in [0.2, 0.25) is 5.91 Å². The summed E-state index contributed by atoms with van der Waals surface area (Å²) in [5.41, 5.74) is 5.43. The lowest BCUT2D eigenvalue weighted by Crippen LogP contribution is -2.14. The molecule has 0 saturated heterocycles. The number of nitrogens with two attached hydrogens (primary N) is 1. The molecule has 0 spiro atoms. The van der Waals surface area contributed by atoms with Crippen LogP contribution in [0.25, 0.3) is 0 Å². The number of carbonyl (C=O) groups is 1. The van der Waals surface area contributed by atoms with Crippen LogP contribution in [0.15, 0.2) is 39.9 Å². The van der Waals surface area contributed by atoms with Crippen LogP contribution in [0.1, 0.15) is 10.4 Å². The number of sulfonamides is 1. The van der Waals surface area contributed by atoms with Crippen LogP contribution >= 0.6 is 22.9 Å². The largest absolute Gasteiger partial charge is 0.366 e. The van der Waals surface area contributed by atoms with Crippen molar-refractivity contribution in [3.8, 4) is 0 Å². The van der Waals surface area contributed by atoms with E-state index in [0.29, 0.717) is 0 Å². The summed E-state index contributed by atoms with van der Waals surface area (Å²) < 4.78 is 26.5. The molecule has 0 aliphatic carbocycles. The second-order valence-electron chi connectivity index (χ2n) is 3.60. The molecule has 0 aliphatic heterocycles. The summed E-state index contributed by atoms with van der Waals surface area (Å²) in [6.45, 7) is 0. The van der Waals surface area contributed by atoms with Crippen molar-refractivity contribution in [1.82, 2.24) is 0 Å². The lowest BCUT2D eigenvalue weighted by atomic mass is 10.2. The van der Waals surface area contributed by atoms with Crippen molar-refractivity contribution in [3.63, 3.8) is 0 Å². The number of amides is 1. The van der Waals surface area contributed by atoms with E-state index in [4.69, 9.17) is 17.3 Å². The molecule has 1 aromatic heterocycles. The van der Waals surface area contributed by atoms with Crippen molar-refractivity contribution in [1.29, 1.82) is 0 Å². The number of halogens is 1. The minimum atomic E-state index is -3.70. The van der Waals surface area contributed by atoms with Gasteiger partial charge in [-0.25, -0.2) is 8.42 Å². The van der Waals surface area contributed by atoms with Gasteiger partial charge in [0, 0.05) is 5.56 Å². The van der Waals surface area contributed by atoms with Crippen LogP contribution in [0, 0.1) is 0 Å². The molecule has 8 heteroatoms. The molecule has 19 heavy (non-hydrogen) atoms. The highest BCUT2D eigenvalue weighted by Crippen LogP contribution is 2.27. The van der Waals surface area contributed by atoms with Gasteiger partial charge in [-0.1, -0.05) is 17.7 Å². The van der Waals surface area contributed by atoms with Crippen LogP contribution in [-0.2, 0) is 10.0 Å². The summed E-state index contributed by atoms with van der Waals surface area (Å²) in [6, 6.07) is 7.23. The molecule has 0 radical (unpaired) electrons. The molecule has 3 N–H and O–H groups in total. The topological polar surface area (TPSA) is 89.3 Å². The molecule has 100 valence electrons. The van der Waals surface area contributed by atoms with E-state index in [1.807, 2.05) is 0 Å². The normalized spacial score (nSPS) is 11.2. The quantitative estimate of drug-likeness (QED) is 0.907. The highest BCUT2D eigenvalue weighted by molar-refractivity contribution is 7.94. The van der Waals surface area contributed by atoms with Crippen molar-refractivity contribution >= 4 is 44.6 Å².